The summed E-state index contributed by atoms with van der Waals surface area (Å²) in [5, 5.41) is 20.7. The lowest BCUT2D eigenvalue weighted by molar-refractivity contribution is 0.261. The molecule has 0 atom stereocenters. The number of nitrogens with one attached hydrogen (secondary N) is 1. The summed E-state index contributed by atoms with van der Waals surface area (Å²) < 4.78 is 0. The molecule has 2 N–H and O–H groups in total. The molecule has 1 heterocycles. The van der Waals surface area contributed by atoms with Crippen LogP contribution in [0.25, 0.3) is 0 Å². The van der Waals surface area contributed by atoms with Crippen LogP contribution in [-0.4, -0.2) is 22.2 Å². The van der Waals surface area contributed by atoms with Crippen molar-refractivity contribution in [1.29, 1.82) is 5.26 Å². The van der Waals surface area contributed by atoms with Crippen LogP contribution in [0.5, 0.6) is 0 Å². The molecule has 1 aromatic rings. The fourth-order valence-corrected chi connectivity index (χ4v) is 1.27. The average molecular weight is 205 g/mol. The molecule has 0 fully saturated rings. The van der Waals surface area contributed by atoms with Crippen molar-refractivity contribution in [3.63, 3.8) is 0 Å². The maximum absolute atomic E-state index is 8.86. The predicted molar refractivity (Wildman–Crippen MR) is 58.4 cm³/mol. The molecule has 0 unspecified atom stereocenters. The zero-order valence-corrected chi connectivity index (χ0v) is 8.99. The number of rotatable bonds is 4. The van der Waals surface area contributed by atoms with Crippen LogP contribution in [0.4, 0.5) is 5.69 Å². The highest BCUT2D eigenvalue weighted by Gasteiger charge is 2.16. The molecule has 0 radical (unpaired) electrons. The fourth-order valence-electron chi connectivity index (χ4n) is 1.27. The Morgan fingerprint density at radius 2 is 2.27 bits per heavy atom. The SMILES string of the molecule is CC(C)(CCO)Nc1ccc(C#N)nc1. The second kappa shape index (κ2) is 4.76. The second-order valence-electron chi connectivity index (χ2n) is 4.03. The molecule has 80 valence electrons. The first-order valence-electron chi connectivity index (χ1n) is 4.82. The van der Waals surface area contributed by atoms with Gasteiger partial charge in [0, 0.05) is 12.1 Å². The third kappa shape index (κ3) is 3.56. The molecule has 0 aliphatic heterocycles. The van der Waals surface area contributed by atoms with Crippen LogP contribution in [0.3, 0.4) is 0 Å². The van der Waals surface area contributed by atoms with Crippen LogP contribution < -0.4 is 5.32 Å². The Bertz CT molecular complexity index is 351. The van der Waals surface area contributed by atoms with Gasteiger partial charge < -0.3 is 10.4 Å². The van der Waals surface area contributed by atoms with Crippen LogP contribution in [0.2, 0.25) is 0 Å². The summed E-state index contributed by atoms with van der Waals surface area (Å²) in [5.74, 6) is 0. The van der Waals surface area contributed by atoms with Gasteiger partial charge >= 0.3 is 0 Å². The van der Waals surface area contributed by atoms with Crippen LogP contribution in [0, 0.1) is 11.3 Å². The zero-order chi connectivity index (χ0) is 11.3. The number of aromatic nitrogens is 1. The number of aliphatic hydroxyl groups is 1. The fraction of sp³-hybridized carbons (Fsp3) is 0.455. The third-order valence-corrected chi connectivity index (χ3v) is 2.10. The lowest BCUT2D eigenvalue weighted by Crippen LogP contribution is -2.31. The van der Waals surface area contributed by atoms with Gasteiger partial charge in [-0.15, -0.1) is 0 Å². The van der Waals surface area contributed by atoms with E-state index in [0.717, 1.165) is 5.69 Å². The monoisotopic (exact) mass is 205 g/mol. The molecule has 1 rings (SSSR count). The van der Waals surface area contributed by atoms with Crippen molar-refractivity contribution in [3.05, 3.63) is 24.0 Å². The van der Waals surface area contributed by atoms with Crippen molar-refractivity contribution in [2.24, 2.45) is 0 Å². The van der Waals surface area contributed by atoms with Gasteiger partial charge in [-0.2, -0.15) is 5.26 Å². The molecule has 0 aliphatic carbocycles. The smallest absolute Gasteiger partial charge is 0.140 e. The molecule has 4 heteroatoms. The Labute approximate surface area is 89.6 Å². The van der Waals surface area contributed by atoms with E-state index in [-0.39, 0.29) is 12.1 Å². The Balaban J connectivity index is 2.69. The van der Waals surface area contributed by atoms with Gasteiger partial charge in [0.05, 0.1) is 11.9 Å². The minimum absolute atomic E-state index is 0.143. The van der Waals surface area contributed by atoms with Crippen LogP contribution in [0.1, 0.15) is 26.0 Å². The van der Waals surface area contributed by atoms with Gasteiger partial charge in [-0.1, -0.05) is 0 Å². The molecule has 0 aliphatic rings. The molecule has 0 amide bonds. The molecule has 4 nitrogen and oxygen atoms in total. The highest BCUT2D eigenvalue weighted by atomic mass is 16.3. The van der Waals surface area contributed by atoms with Crippen molar-refractivity contribution in [2.75, 3.05) is 11.9 Å². The lowest BCUT2D eigenvalue weighted by Gasteiger charge is -2.26. The van der Waals surface area contributed by atoms with Crippen molar-refractivity contribution in [2.45, 2.75) is 25.8 Å². The van der Waals surface area contributed by atoms with Gasteiger partial charge in [0.15, 0.2) is 0 Å². The number of hydrogen-bond donors (Lipinski definition) is 2. The maximum Gasteiger partial charge on any atom is 0.140 e. The average Bonchev–Trinajstić information content (AvgIpc) is 2.18. The summed E-state index contributed by atoms with van der Waals surface area (Å²) in [4.78, 5) is 3.96. The van der Waals surface area contributed by atoms with Crippen molar-refractivity contribution < 1.29 is 5.11 Å². The summed E-state index contributed by atoms with van der Waals surface area (Å²) in [7, 11) is 0. The number of aliphatic hydroxyl groups excluding tert-OH is 1. The molecule has 0 aromatic carbocycles. The van der Waals surface area contributed by atoms with E-state index in [1.807, 2.05) is 26.0 Å². The molecule has 1 aromatic heterocycles. The van der Waals surface area contributed by atoms with Crippen molar-refractivity contribution >= 4 is 5.69 Å². The summed E-state index contributed by atoms with van der Waals surface area (Å²) in [6.07, 6.45) is 2.28. The normalized spacial score (nSPS) is 10.8. The van der Waals surface area contributed by atoms with Gasteiger partial charge in [-0.3, -0.25) is 0 Å². The van der Waals surface area contributed by atoms with E-state index in [1.165, 1.54) is 0 Å². The van der Waals surface area contributed by atoms with E-state index in [4.69, 9.17) is 10.4 Å². The van der Waals surface area contributed by atoms with E-state index in [0.29, 0.717) is 12.1 Å². The minimum Gasteiger partial charge on any atom is -0.396 e. The molecular weight excluding hydrogens is 190 g/mol. The number of pyridine rings is 1. The van der Waals surface area contributed by atoms with Gasteiger partial charge in [0.2, 0.25) is 0 Å². The Kier molecular flexibility index (Phi) is 3.64. The van der Waals surface area contributed by atoms with Gasteiger partial charge in [0.25, 0.3) is 0 Å². The minimum atomic E-state index is -0.176. The van der Waals surface area contributed by atoms with E-state index in [9.17, 15) is 0 Å². The summed E-state index contributed by atoms with van der Waals surface area (Å²) in [5.41, 5.74) is 1.08. The highest BCUT2D eigenvalue weighted by molar-refractivity contribution is 5.44. The van der Waals surface area contributed by atoms with Gasteiger partial charge in [0.1, 0.15) is 11.8 Å². The van der Waals surface area contributed by atoms with Crippen molar-refractivity contribution in [3.8, 4) is 6.07 Å². The first-order chi connectivity index (χ1) is 7.07. The molecular formula is C11H15N3O. The quantitative estimate of drug-likeness (QED) is 0.782. The standard InChI is InChI=1S/C11H15N3O/c1-11(2,5-6-15)14-10-4-3-9(7-12)13-8-10/h3-4,8,14-15H,5-6H2,1-2H3. The van der Waals surface area contributed by atoms with Crippen LogP contribution in [0.15, 0.2) is 18.3 Å². The topological polar surface area (TPSA) is 68.9 Å². The first-order valence-corrected chi connectivity index (χ1v) is 4.82. The Morgan fingerprint density at radius 1 is 1.53 bits per heavy atom. The Hall–Kier alpha value is -1.60. The summed E-state index contributed by atoms with van der Waals surface area (Å²) >= 11 is 0. The number of hydrogen-bond acceptors (Lipinski definition) is 4. The molecule has 0 spiro atoms. The van der Waals surface area contributed by atoms with E-state index in [2.05, 4.69) is 10.3 Å². The number of nitriles is 1. The maximum atomic E-state index is 8.86. The van der Waals surface area contributed by atoms with E-state index in [1.54, 1.807) is 12.3 Å². The molecule has 0 bridgehead atoms. The number of anilines is 1. The largest absolute Gasteiger partial charge is 0.396 e. The van der Waals surface area contributed by atoms with E-state index < -0.39 is 0 Å². The molecule has 0 saturated carbocycles. The molecule has 15 heavy (non-hydrogen) atoms. The van der Waals surface area contributed by atoms with Gasteiger partial charge in [-0.05, 0) is 32.4 Å². The summed E-state index contributed by atoms with van der Waals surface area (Å²) in [6, 6.07) is 5.44. The highest BCUT2D eigenvalue weighted by Crippen LogP contribution is 2.16. The lowest BCUT2D eigenvalue weighted by atomic mass is 10.0. The zero-order valence-electron chi connectivity index (χ0n) is 8.99. The third-order valence-electron chi connectivity index (χ3n) is 2.10. The summed E-state index contributed by atoms with van der Waals surface area (Å²) in [6.45, 7) is 4.15. The Morgan fingerprint density at radius 3 is 2.73 bits per heavy atom. The van der Waals surface area contributed by atoms with Crippen LogP contribution in [-0.2, 0) is 0 Å². The van der Waals surface area contributed by atoms with E-state index >= 15 is 0 Å². The van der Waals surface area contributed by atoms with Crippen molar-refractivity contribution in [1.82, 2.24) is 4.98 Å². The molecule has 0 saturated heterocycles. The van der Waals surface area contributed by atoms with Gasteiger partial charge in [-0.25, -0.2) is 4.98 Å². The second-order valence-corrected chi connectivity index (χ2v) is 4.03. The number of nitrogens with zero attached hydrogens (tertiary/aromatic N) is 2. The first kappa shape index (κ1) is 11.5. The van der Waals surface area contributed by atoms with Crippen LogP contribution >= 0.6 is 0 Å². The predicted octanol–water partition coefficient (Wildman–Crippen LogP) is 1.53.